The summed E-state index contributed by atoms with van der Waals surface area (Å²) < 4.78 is 5.85. The number of fused-ring (bicyclic) bond motifs is 1. The third kappa shape index (κ3) is 7.40. The van der Waals surface area contributed by atoms with Crippen molar-refractivity contribution in [2.75, 3.05) is 18.4 Å². The molecule has 2 aromatic heterocycles. The molecule has 0 aliphatic rings. The number of aromatic nitrogens is 4. The fraction of sp³-hybridized carbons (Fsp3) is 0.269. The number of hydrogen-bond donors (Lipinski definition) is 7. The SMILES string of the molecule is O=C(Cn1c(O)c(CCCNc2nc3ccccc3[nH]2)[nH]c1=O)NCC(NC(=O)OCc1ccccc1)C(=O)O. The van der Waals surface area contributed by atoms with Gasteiger partial charge in [-0.2, -0.15) is 0 Å². The average Bonchev–Trinajstić information content (AvgIpc) is 3.48. The van der Waals surface area contributed by atoms with Crippen LogP contribution in [0.4, 0.5) is 10.7 Å². The highest BCUT2D eigenvalue weighted by atomic mass is 16.5. The number of aromatic hydroxyl groups is 1. The molecule has 7 N–H and O–H groups in total. The van der Waals surface area contributed by atoms with E-state index in [0.717, 1.165) is 21.2 Å². The molecule has 0 fully saturated rings. The standard InChI is InChI=1S/C26H29N7O7/c34-21(28-13-20(23(36)37)32-26(39)40-15-16-7-2-1-3-8-16)14-33-22(35)19(31-25(33)38)11-6-12-27-24-29-17-9-4-5-10-18(17)30-24/h1-5,7-10,20,35H,6,11-15H2,(H,28,34)(H,31,38)(H,32,39)(H,36,37)(H2,27,29,30). The molecule has 2 aromatic carbocycles. The maximum atomic E-state index is 12.4. The lowest BCUT2D eigenvalue weighted by Gasteiger charge is -2.15. The quantitative estimate of drug-likeness (QED) is 0.119. The van der Waals surface area contributed by atoms with Crippen LogP contribution in [0.3, 0.4) is 0 Å². The van der Waals surface area contributed by atoms with E-state index in [1.54, 1.807) is 30.3 Å². The first kappa shape index (κ1) is 27.8. The number of aryl methyl sites for hydroxylation is 1. The molecule has 4 aromatic rings. The van der Waals surface area contributed by atoms with Gasteiger partial charge < -0.3 is 40.9 Å². The van der Waals surface area contributed by atoms with E-state index in [9.17, 15) is 29.4 Å². The van der Waals surface area contributed by atoms with E-state index in [1.807, 2.05) is 24.3 Å². The molecule has 0 aliphatic heterocycles. The summed E-state index contributed by atoms with van der Waals surface area (Å²) in [5.74, 6) is -1.91. The first-order chi connectivity index (χ1) is 19.3. The van der Waals surface area contributed by atoms with Gasteiger partial charge in [-0.05, 0) is 30.5 Å². The molecular formula is C26H29N7O7. The molecule has 0 saturated carbocycles. The number of aliphatic carboxylic acids is 1. The molecule has 0 bridgehead atoms. The highest BCUT2D eigenvalue weighted by Crippen LogP contribution is 2.16. The number of benzene rings is 2. The Hall–Kier alpha value is -5.27. The van der Waals surface area contributed by atoms with Crippen molar-refractivity contribution in [1.29, 1.82) is 0 Å². The Morgan fingerprint density at radius 2 is 1.80 bits per heavy atom. The van der Waals surface area contributed by atoms with Crippen LogP contribution >= 0.6 is 0 Å². The number of rotatable bonds is 13. The number of alkyl carbamates (subject to hydrolysis) is 1. The van der Waals surface area contributed by atoms with E-state index >= 15 is 0 Å². The van der Waals surface area contributed by atoms with Gasteiger partial charge in [0.05, 0.1) is 16.7 Å². The number of carbonyl (C=O) groups excluding carboxylic acids is 2. The Morgan fingerprint density at radius 1 is 1.05 bits per heavy atom. The number of H-pyrrole nitrogens is 2. The first-order valence-electron chi connectivity index (χ1n) is 12.5. The van der Waals surface area contributed by atoms with Gasteiger partial charge in [0, 0.05) is 13.1 Å². The second kappa shape index (κ2) is 13.0. The van der Waals surface area contributed by atoms with Crippen molar-refractivity contribution in [3.8, 4) is 5.88 Å². The summed E-state index contributed by atoms with van der Waals surface area (Å²) in [5, 5.41) is 27.5. The van der Waals surface area contributed by atoms with E-state index < -0.39 is 42.8 Å². The number of hydrogen-bond acceptors (Lipinski definition) is 8. The number of imidazole rings is 2. The van der Waals surface area contributed by atoms with Crippen LogP contribution in [0.1, 0.15) is 17.7 Å². The summed E-state index contributed by atoms with van der Waals surface area (Å²) in [6.45, 7) is -0.568. The fourth-order valence-corrected chi connectivity index (χ4v) is 3.86. The second-order valence-corrected chi connectivity index (χ2v) is 8.85. The minimum atomic E-state index is -1.47. The minimum absolute atomic E-state index is 0.0562. The number of carbonyl (C=O) groups is 3. The highest BCUT2D eigenvalue weighted by molar-refractivity contribution is 5.82. The van der Waals surface area contributed by atoms with Crippen LogP contribution in [-0.4, -0.2) is 66.8 Å². The summed E-state index contributed by atoms with van der Waals surface area (Å²) in [7, 11) is 0. The van der Waals surface area contributed by atoms with E-state index in [0.29, 0.717) is 25.3 Å². The topological polar surface area (TPSA) is 203 Å². The summed E-state index contributed by atoms with van der Waals surface area (Å²) >= 11 is 0. The second-order valence-electron chi connectivity index (χ2n) is 8.85. The molecule has 0 saturated heterocycles. The number of carboxylic acid groups (broad SMARTS) is 1. The van der Waals surface area contributed by atoms with Crippen molar-refractivity contribution in [3.05, 3.63) is 76.3 Å². The van der Waals surface area contributed by atoms with E-state index in [-0.39, 0.29) is 18.2 Å². The number of amides is 2. The third-order valence-electron chi connectivity index (χ3n) is 5.92. The van der Waals surface area contributed by atoms with Crippen LogP contribution in [-0.2, 0) is 33.9 Å². The van der Waals surface area contributed by atoms with Gasteiger partial charge in [-0.1, -0.05) is 42.5 Å². The number of carboxylic acids is 1. The van der Waals surface area contributed by atoms with Gasteiger partial charge >= 0.3 is 17.8 Å². The highest BCUT2D eigenvalue weighted by Gasteiger charge is 2.22. The van der Waals surface area contributed by atoms with E-state index in [4.69, 9.17) is 4.74 Å². The zero-order valence-corrected chi connectivity index (χ0v) is 21.3. The van der Waals surface area contributed by atoms with Gasteiger partial charge in [-0.25, -0.2) is 19.4 Å². The molecule has 4 rings (SSSR count). The van der Waals surface area contributed by atoms with Crippen molar-refractivity contribution in [1.82, 2.24) is 30.2 Å². The van der Waals surface area contributed by atoms with Crippen LogP contribution in [0.25, 0.3) is 11.0 Å². The summed E-state index contributed by atoms with van der Waals surface area (Å²) in [6.07, 6.45) is -0.105. The first-order valence-corrected chi connectivity index (χ1v) is 12.5. The number of para-hydroxylation sites is 2. The molecule has 14 nitrogen and oxygen atoms in total. The van der Waals surface area contributed by atoms with Crippen molar-refractivity contribution >= 4 is 35.0 Å². The Labute approximate surface area is 227 Å². The molecule has 210 valence electrons. The molecule has 0 radical (unpaired) electrons. The summed E-state index contributed by atoms with van der Waals surface area (Å²) in [4.78, 5) is 58.3. The zero-order chi connectivity index (χ0) is 28.5. The molecule has 14 heteroatoms. The van der Waals surface area contributed by atoms with Gasteiger partial charge in [-0.15, -0.1) is 0 Å². The van der Waals surface area contributed by atoms with Gasteiger partial charge in [0.15, 0.2) is 0 Å². The van der Waals surface area contributed by atoms with E-state index in [2.05, 4.69) is 30.9 Å². The largest absolute Gasteiger partial charge is 0.493 e. The van der Waals surface area contributed by atoms with Crippen molar-refractivity contribution in [2.45, 2.75) is 32.0 Å². The third-order valence-corrected chi connectivity index (χ3v) is 5.92. The number of anilines is 1. The Balaban J connectivity index is 1.22. The zero-order valence-electron chi connectivity index (χ0n) is 21.3. The van der Waals surface area contributed by atoms with E-state index in [1.165, 1.54) is 0 Å². The maximum Gasteiger partial charge on any atom is 0.408 e. The van der Waals surface area contributed by atoms with Crippen LogP contribution in [0.15, 0.2) is 59.4 Å². The predicted molar refractivity (Wildman–Crippen MR) is 144 cm³/mol. The summed E-state index contributed by atoms with van der Waals surface area (Å²) in [6, 6.07) is 14.9. The van der Waals surface area contributed by atoms with Gasteiger partial charge in [0.2, 0.25) is 17.7 Å². The molecule has 1 atom stereocenters. The molecule has 2 amide bonds. The van der Waals surface area contributed by atoms with Crippen LogP contribution in [0.2, 0.25) is 0 Å². The minimum Gasteiger partial charge on any atom is -0.493 e. The summed E-state index contributed by atoms with van der Waals surface area (Å²) in [5.41, 5.74) is 2.02. The smallest absolute Gasteiger partial charge is 0.408 e. The average molecular weight is 552 g/mol. The lowest BCUT2D eigenvalue weighted by molar-refractivity contribution is -0.139. The Bertz CT molecular complexity index is 1490. The number of aromatic amines is 2. The number of nitrogens with one attached hydrogen (secondary N) is 5. The van der Waals surface area contributed by atoms with Crippen LogP contribution in [0, 0.1) is 0 Å². The van der Waals surface area contributed by atoms with Gasteiger partial charge in [-0.3, -0.25) is 9.36 Å². The van der Waals surface area contributed by atoms with Gasteiger partial charge in [0.1, 0.15) is 19.2 Å². The van der Waals surface area contributed by atoms with Crippen LogP contribution in [0.5, 0.6) is 5.88 Å². The van der Waals surface area contributed by atoms with Crippen molar-refractivity contribution in [2.24, 2.45) is 0 Å². The fourth-order valence-electron chi connectivity index (χ4n) is 3.86. The predicted octanol–water partition coefficient (Wildman–Crippen LogP) is 1.30. The normalized spacial score (nSPS) is 11.6. The molecule has 40 heavy (non-hydrogen) atoms. The molecule has 2 heterocycles. The lowest BCUT2D eigenvalue weighted by Crippen LogP contribution is -2.49. The number of nitrogens with zero attached hydrogens (tertiary/aromatic N) is 2. The molecule has 0 aliphatic carbocycles. The maximum absolute atomic E-state index is 12.4. The number of ether oxygens (including phenoxy) is 1. The van der Waals surface area contributed by atoms with Gasteiger partial charge in [0.25, 0.3) is 0 Å². The monoisotopic (exact) mass is 551 g/mol. The Kier molecular flexibility index (Phi) is 9.02. The Morgan fingerprint density at radius 3 is 2.55 bits per heavy atom. The lowest BCUT2D eigenvalue weighted by atomic mass is 10.2. The van der Waals surface area contributed by atoms with Crippen LogP contribution < -0.4 is 21.6 Å². The van der Waals surface area contributed by atoms with Crippen molar-refractivity contribution < 1.29 is 29.3 Å². The van der Waals surface area contributed by atoms with Crippen molar-refractivity contribution in [3.63, 3.8) is 0 Å². The molecule has 0 spiro atoms. The molecular weight excluding hydrogens is 522 g/mol. The molecule has 1 unspecified atom stereocenters.